The average molecular weight is 441 g/mol. The topological polar surface area (TPSA) is 96.6 Å². The normalized spacial score (nSPS) is 19.3. The van der Waals surface area contributed by atoms with Crippen molar-refractivity contribution in [3.8, 4) is 0 Å². The van der Waals surface area contributed by atoms with E-state index in [1.807, 2.05) is 19.9 Å². The maximum atomic E-state index is 12.6. The van der Waals surface area contributed by atoms with Crippen molar-refractivity contribution in [1.82, 2.24) is 15.3 Å². The molecule has 2 aromatic rings. The molecule has 3 rings (SSSR count). The minimum absolute atomic E-state index is 0.154. The maximum absolute atomic E-state index is 12.6. The van der Waals surface area contributed by atoms with Gasteiger partial charge in [0.2, 0.25) is 0 Å². The van der Waals surface area contributed by atoms with Crippen LogP contribution in [0.5, 0.6) is 0 Å². The molecule has 1 aliphatic rings. The number of anilines is 1. The fourth-order valence-electron chi connectivity index (χ4n) is 3.42. The molecule has 0 aromatic carbocycles. The molecule has 0 radical (unpaired) electrons. The first-order valence-corrected chi connectivity index (χ1v) is 10.6. The molecule has 0 saturated carbocycles. The molecule has 2 N–H and O–H groups in total. The number of aromatic amines is 1. The number of ether oxygens (including phenoxy) is 2. The lowest BCUT2D eigenvalue weighted by Gasteiger charge is -2.38. The van der Waals surface area contributed by atoms with E-state index >= 15 is 0 Å². The molecule has 10 heteroatoms. The minimum atomic E-state index is -0.334. The fourth-order valence-corrected chi connectivity index (χ4v) is 4.73. The summed E-state index contributed by atoms with van der Waals surface area (Å²) in [6, 6.07) is 1.70. The van der Waals surface area contributed by atoms with Gasteiger partial charge < -0.3 is 24.7 Å². The highest BCUT2D eigenvalue weighted by Gasteiger charge is 2.32. The second kappa shape index (κ2) is 9.15. The molecule has 3 heterocycles. The predicted molar refractivity (Wildman–Crippen MR) is 112 cm³/mol. The minimum Gasteiger partial charge on any atom is -0.465 e. The first kappa shape index (κ1) is 21.6. The number of halogens is 1. The molecule has 0 unspecified atom stereocenters. The number of methoxy groups -OCH3 is 2. The number of rotatable bonds is 6. The Bertz CT molecular complexity index is 897. The lowest BCUT2D eigenvalue weighted by molar-refractivity contribution is 0.0539. The van der Waals surface area contributed by atoms with Gasteiger partial charge in [0, 0.05) is 25.1 Å². The van der Waals surface area contributed by atoms with E-state index in [-0.39, 0.29) is 29.8 Å². The Labute approximate surface area is 178 Å². The number of amides is 1. The van der Waals surface area contributed by atoms with Crippen LogP contribution >= 0.6 is 22.9 Å². The van der Waals surface area contributed by atoms with E-state index in [1.54, 1.807) is 18.4 Å². The lowest BCUT2D eigenvalue weighted by atomic mass is 10.0. The summed E-state index contributed by atoms with van der Waals surface area (Å²) in [7, 11) is 3.01. The summed E-state index contributed by atoms with van der Waals surface area (Å²) >= 11 is 7.59. The van der Waals surface area contributed by atoms with Gasteiger partial charge in [-0.05, 0) is 25.8 Å². The van der Waals surface area contributed by atoms with E-state index in [4.69, 9.17) is 21.1 Å². The van der Waals surface area contributed by atoms with Crippen molar-refractivity contribution in [2.75, 3.05) is 32.2 Å². The second-order valence-corrected chi connectivity index (χ2v) is 8.44. The van der Waals surface area contributed by atoms with Crippen LogP contribution < -0.4 is 10.2 Å². The van der Waals surface area contributed by atoms with Gasteiger partial charge in [-0.15, -0.1) is 11.3 Å². The highest BCUT2D eigenvalue weighted by atomic mass is 35.5. The molecule has 158 valence electrons. The molecule has 2 atom stereocenters. The number of nitrogens with zero attached hydrogens (tertiary/aromatic N) is 2. The van der Waals surface area contributed by atoms with Crippen molar-refractivity contribution in [1.29, 1.82) is 0 Å². The van der Waals surface area contributed by atoms with E-state index < -0.39 is 0 Å². The van der Waals surface area contributed by atoms with E-state index in [9.17, 15) is 9.59 Å². The SMILES string of the molecule is CCc1[nH]c(C(=O)N[C@H]2CCN(c3cc(C(=O)OC)c(C)s3)C[C@H]2OC)nc1Cl. The standard InChI is InChI=1S/C19H25ClN4O4S/c1-5-12-16(20)23-17(21-12)18(25)22-13-6-7-24(9-14(13)27-3)15-8-11(10(2)29-15)19(26)28-4/h8,13-14H,5-7,9H2,1-4H3,(H,21,23)(H,22,25)/t13-,14+/m0/s1. The van der Waals surface area contributed by atoms with Gasteiger partial charge in [-0.2, -0.15) is 0 Å². The van der Waals surface area contributed by atoms with Crippen molar-refractivity contribution >= 4 is 39.8 Å². The van der Waals surface area contributed by atoms with Crippen LogP contribution in [0.3, 0.4) is 0 Å². The molecule has 8 nitrogen and oxygen atoms in total. The smallest absolute Gasteiger partial charge is 0.339 e. The van der Waals surface area contributed by atoms with Crippen LogP contribution in [0.15, 0.2) is 6.07 Å². The van der Waals surface area contributed by atoms with Crippen LogP contribution in [0.2, 0.25) is 5.15 Å². The first-order valence-electron chi connectivity index (χ1n) is 9.39. The first-order chi connectivity index (χ1) is 13.9. The quantitative estimate of drug-likeness (QED) is 0.670. The van der Waals surface area contributed by atoms with E-state index in [2.05, 4.69) is 20.2 Å². The molecule has 0 bridgehead atoms. The number of piperidine rings is 1. The fraction of sp³-hybridized carbons (Fsp3) is 0.526. The third kappa shape index (κ3) is 4.57. The lowest BCUT2D eigenvalue weighted by Crippen LogP contribution is -2.55. The molecule has 1 amide bonds. The van der Waals surface area contributed by atoms with Crippen LogP contribution in [0.4, 0.5) is 5.00 Å². The van der Waals surface area contributed by atoms with Crippen molar-refractivity contribution in [3.63, 3.8) is 0 Å². The molecular formula is C19H25ClN4O4S. The summed E-state index contributed by atoms with van der Waals surface area (Å²) in [5, 5.41) is 4.31. The van der Waals surface area contributed by atoms with Crippen molar-refractivity contribution < 1.29 is 19.1 Å². The van der Waals surface area contributed by atoms with Gasteiger partial charge in [0.1, 0.15) is 0 Å². The Morgan fingerprint density at radius 1 is 1.45 bits per heavy atom. The number of imidazole rings is 1. The van der Waals surface area contributed by atoms with Crippen molar-refractivity contribution in [2.24, 2.45) is 0 Å². The van der Waals surface area contributed by atoms with Crippen molar-refractivity contribution in [3.05, 3.63) is 33.2 Å². The summed E-state index contributed by atoms with van der Waals surface area (Å²) in [5.41, 5.74) is 1.32. The van der Waals surface area contributed by atoms with Gasteiger partial charge in [-0.3, -0.25) is 4.79 Å². The Kier molecular flexibility index (Phi) is 6.81. The molecule has 0 spiro atoms. The summed E-state index contributed by atoms with van der Waals surface area (Å²) in [5.74, 6) is -0.424. The molecule has 0 aliphatic carbocycles. The molecule has 29 heavy (non-hydrogen) atoms. The number of H-pyrrole nitrogens is 1. The maximum Gasteiger partial charge on any atom is 0.339 e. The van der Waals surface area contributed by atoms with Gasteiger partial charge in [-0.25, -0.2) is 9.78 Å². The Balaban J connectivity index is 1.68. The Morgan fingerprint density at radius 2 is 2.21 bits per heavy atom. The Hall–Kier alpha value is -2.10. The van der Waals surface area contributed by atoms with Gasteiger partial charge in [0.25, 0.3) is 5.91 Å². The van der Waals surface area contributed by atoms with E-state index in [0.29, 0.717) is 30.1 Å². The number of carbonyl (C=O) groups is 2. The number of nitrogens with one attached hydrogen (secondary N) is 2. The van der Waals surface area contributed by atoms with E-state index in [1.165, 1.54) is 7.11 Å². The van der Waals surface area contributed by atoms with Gasteiger partial charge in [0.15, 0.2) is 11.0 Å². The summed E-state index contributed by atoms with van der Waals surface area (Å²) in [4.78, 5) is 34.6. The highest BCUT2D eigenvalue weighted by Crippen LogP contribution is 2.32. The number of hydrogen-bond donors (Lipinski definition) is 2. The third-order valence-corrected chi connectivity index (χ3v) is 6.52. The zero-order valence-electron chi connectivity index (χ0n) is 16.9. The number of aromatic nitrogens is 2. The predicted octanol–water partition coefficient (Wildman–Crippen LogP) is 2.81. The van der Waals surface area contributed by atoms with Crippen LogP contribution in [0.1, 0.15) is 44.9 Å². The molecular weight excluding hydrogens is 416 g/mol. The van der Waals surface area contributed by atoms with Gasteiger partial charge in [0.05, 0.1) is 35.5 Å². The number of esters is 1. The molecule has 1 fully saturated rings. The number of hydrogen-bond acceptors (Lipinski definition) is 7. The Morgan fingerprint density at radius 3 is 2.83 bits per heavy atom. The average Bonchev–Trinajstić information content (AvgIpc) is 3.30. The zero-order chi connectivity index (χ0) is 21.1. The monoisotopic (exact) mass is 440 g/mol. The highest BCUT2D eigenvalue weighted by molar-refractivity contribution is 7.16. The summed E-state index contributed by atoms with van der Waals surface area (Å²) in [6.45, 7) is 5.17. The second-order valence-electron chi connectivity index (χ2n) is 6.84. The van der Waals surface area contributed by atoms with E-state index in [0.717, 1.165) is 22.1 Å². The number of thiophene rings is 1. The zero-order valence-corrected chi connectivity index (χ0v) is 18.4. The largest absolute Gasteiger partial charge is 0.465 e. The van der Waals surface area contributed by atoms with Crippen molar-refractivity contribution in [2.45, 2.75) is 38.8 Å². The molecule has 2 aromatic heterocycles. The van der Waals surface area contributed by atoms with Gasteiger partial charge in [-0.1, -0.05) is 18.5 Å². The molecule has 1 aliphatic heterocycles. The number of carbonyl (C=O) groups excluding carboxylic acids is 2. The summed E-state index contributed by atoms with van der Waals surface area (Å²) in [6.07, 6.45) is 1.17. The third-order valence-electron chi connectivity index (χ3n) is 5.10. The van der Waals surface area contributed by atoms with Crippen LogP contribution in [-0.2, 0) is 15.9 Å². The van der Waals surface area contributed by atoms with Crippen LogP contribution in [-0.4, -0.2) is 61.3 Å². The number of aryl methyl sites for hydroxylation is 2. The summed E-state index contributed by atoms with van der Waals surface area (Å²) < 4.78 is 10.5. The van der Waals surface area contributed by atoms with Gasteiger partial charge >= 0.3 is 5.97 Å². The molecule has 1 saturated heterocycles. The van der Waals surface area contributed by atoms with Crippen LogP contribution in [0, 0.1) is 6.92 Å². The van der Waals surface area contributed by atoms with Crippen LogP contribution in [0.25, 0.3) is 0 Å².